The van der Waals surface area contributed by atoms with Crippen LogP contribution in [0.2, 0.25) is 0 Å². The molecule has 1 aromatic rings. The summed E-state index contributed by atoms with van der Waals surface area (Å²) in [5.74, 6) is 0.692. The minimum Gasteiger partial charge on any atom is -0.497 e. The van der Waals surface area contributed by atoms with E-state index < -0.39 is 19.2 Å². The Bertz CT molecular complexity index is 455. The lowest BCUT2D eigenvalue weighted by atomic mass is 10.1. The Morgan fingerprint density at radius 2 is 1.88 bits per heavy atom. The number of halogens is 1. The summed E-state index contributed by atoms with van der Waals surface area (Å²) in [6.45, 7) is 1.57. The molecular formula is C11H15IO4S. The van der Waals surface area contributed by atoms with Gasteiger partial charge in [-0.3, -0.25) is 0 Å². The molecule has 0 aliphatic rings. The predicted molar refractivity (Wildman–Crippen MR) is 75.2 cm³/mol. The number of ether oxygens (including phenoxy) is 1. The summed E-state index contributed by atoms with van der Waals surface area (Å²) in [5.41, 5.74) is 0.572. The number of aliphatic hydroxyl groups excluding tert-OH is 1. The molecule has 0 aliphatic carbocycles. The quantitative estimate of drug-likeness (QED) is 0.636. The zero-order valence-electron chi connectivity index (χ0n) is 9.63. The van der Waals surface area contributed by atoms with Crippen LogP contribution in [-0.4, -0.2) is 29.6 Å². The van der Waals surface area contributed by atoms with Crippen LogP contribution in [0.4, 0.5) is 0 Å². The summed E-state index contributed by atoms with van der Waals surface area (Å²) in [4.78, 5) is 0. The standard InChI is InChI=1S/C11H15IO4S/c1-3-17(14,15)11(12)10(13)8-4-6-9(16-2)7-5-8/h4-7,10-11,13H,3H2,1-2H3/t10-,11+/m0/s1. The van der Waals surface area contributed by atoms with E-state index in [1.807, 2.05) is 0 Å². The minimum absolute atomic E-state index is 0.0216. The first-order valence-corrected chi connectivity index (χ1v) is 8.06. The van der Waals surface area contributed by atoms with Crippen molar-refractivity contribution in [2.24, 2.45) is 0 Å². The van der Waals surface area contributed by atoms with Gasteiger partial charge in [0.15, 0.2) is 9.84 Å². The molecule has 96 valence electrons. The number of methoxy groups -OCH3 is 1. The van der Waals surface area contributed by atoms with Crippen molar-refractivity contribution in [3.05, 3.63) is 29.8 Å². The van der Waals surface area contributed by atoms with Crippen molar-refractivity contribution >= 4 is 32.4 Å². The van der Waals surface area contributed by atoms with Crippen molar-refractivity contribution in [2.45, 2.75) is 16.3 Å². The van der Waals surface area contributed by atoms with Gasteiger partial charge in [-0.25, -0.2) is 8.42 Å². The zero-order valence-corrected chi connectivity index (χ0v) is 12.6. The second-order valence-electron chi connectivity index (χ2n) is 3.52. The molecule has 1 N–H and O–H groups in total. The maximum atomic E-state index is 11.6. The second kappa shape index (κ2) is 6.01. The first kappa shape index (κ1) is 14.7. The van der Waals surface area contributed by atoms with Crippen molar-refractivity contribution in [1.29, 1.82) is 0 Å². The molecule has 0 radical (unpaired) electrons. The first-order valence-electron chi connectivity index (χ1n) is 5.10. The third-order valence-corrected chi connectivity index (χ3v) is 7.21. The molecule has 1 aromatic carbocycles. The molecule has 0 heterocycles. The number of sulfone groups is 1. The van der Waals surface area contributed by atoms with Crippen LogP contribution in [0.25, 0.3) is 0 Å². The van der Waals surface area contributed by atoms with E-state index in [0.717, 1.165) is 0 Å². The van der Waals surface area contributed by atoms with E-state index in [1.54, 1.807) is 60.9 Å². The highest BCUT2D eigenvalue weighted by atomic mass is 127. The Morgan fingerprint density at radius 1 is 1.35 bits per heavy atom. The number of aliphatic hydroxyl groups is 1. The second-order valence-corrected chi connectivity index (χ2v) is 8.12. The van der Waals surface area contributed by atoms with Crippen molar-refractivity contribution in [3.8, 4) is 5.75 Å². The summed E-state index contributed by atoms with van der Waals surface area (Å²) in [6.07, 6.45) is -1.02. The van der Waals surface area contributed by atoms with Crippen LogP contribution in [0.3, 0.4) is 0 Å². The van der Waals surface area contributed by atoms with Gasteiger partial charge >= 0.3 is 0 Å². The molecule has 0 spiro atoms. The Hall–Kier alpha value is -0.340. The monoisotopic (exact) mass is 370 g/mol. The number of alkyl halides is 1. The number of hydrogen-bond acceptors (Lipinski definition) is 4. The number of rotatable bonds is 5. The average molecular weight is 370 g/mol. The fourth-order valence-electron chi connectivity index (χ4n) is 1.31. The van der Waals surface area contributed by atoms with E-state index in [1.165, 1.54) is 0 Å². The molecular weight excluding hydrogens is 355 g/mol. The molecule has 4 nitrogen and oxygen atoms in total. The van der Waals surface area contributed by atoms with Crippen molar-refractivity contribution in [2.75, 3.05) is 12.9 Å². The van der Waals surface area contributed by atoms with Gasteiger partial charge in [0, 0.05) is 5.75 Å². The SMILES string of the molecule is CCS(=O)(=O)[C@@H](I)[C@@H](O)c1ccc(OC)cc1. The van der Waals surface area contributed by atoms with Gasteiger partial charge < -0.3 is 9.84 Å². The van der Waals surface area contributed by atoms with Crippen LogP contribution >= 0.6 is 22.6 Å². The van der Waals surface area contributed by atoms with E-state index in [2.05, 4.69) is 0 Å². The van der Waals surface area contributed by atoms with E-state index in [9.17, 15) is 13.5 Å². The Balaban J connectivity index is 2.92. The van der Waals surface area contributed by atoms with E-state index in [0.29, 0.717) is 11.3 Å². The van der Waals surface area contributed by atoms with Gasteiger partial charge in [0.25, 0.3) is 0 Å². The molecule has 0 saturated carbocycles. The predicted octanol–water partition coefficient (Wildman–Crippen LogP) is 1.92. The van der Waals surface area contributed by atoms with Crippen molar-refractivity contribution < 1.29 is 18.3 Å². The lowest BCUT2D eigenvalue weighted by molar-refractivity contribution is 0.197. The fourth-order valence-corrected chi connectivity index (χ4v) is 3.67. The van der Waals surface area contributed by atoms with Gasteiger partial charge in [0.1, 0.15) is 15.1 Å². The van der Waals surface area contributed by atoms with Crippen molar-refractivity contribution in [3.63, 3.8) is 0 Å². The molecule has 6 heteroatoms. The summed E-state index contributed by atoms with van der Waals surface area (Å²) in [7, 11) is -1.71. The van der Waals surface area contributed by atoms with Crippen molar-refractivity contribution in [1.82, 2.24) is 0 Å². The van der Waals surface area contributed by atoms with Gasteiger partial charge in [-0.05, 0) is 17.7 Å². The fraction of sp³-hybridized carbons (Fsp3) is 0.455. The van der Waals surface area contributed by atoms with E-state index in [4.69, 9.17) is 4.74 Å². The van der Waals surface area contributed by atoms with Crippen LogP contribution in [0.5, 0.6) is 5.75 Å². The summed E-state index contributed by atoms with van der Waals surface area (Å²) in [6, 6.07) is 6.72. The molecule has 0 bridgehead atoms. The summed E-state index contributed by atoms with van der Waals surface area (Å²) < 4.78 is 27.5. The normalized spacial score (nSPS) is 15.3. The third-order valence-electron chi connectivity index (χ3n) is 2.45. The van der Waals surface area contributed by atoms with Gasteiger partial charge in [-0.1, -0.05) is 41.6 Å². The molecule has 1 rings (SSSR count). The van der Waals surface area contributed by atoms with Gasteiger partial charge in [0.2, 0.25) is 0 Å². The highest BCUT2D eigenvalue weighted by Gasteiger charge is 2.29. The summed E-state index contributed by atoms with van der Waals surface area (Å²) >= 11 is 1.76. The number of hydrogen-bond donors (Lipinski definition) is 1. The third kappa shape index (κ3) is 3.56. The minimum atomic E-state index is -3.26. The Morgan fingerprint density at radius 3 is 2.29 bits per heavy atom. The molecule has 0 amide bonds. The van der Waals surface area contributed by atoms with Crippen LogP contribution in [0.15, 0.2) is 24.3 Å². The molecule has 0 fully saturated rings. The largest absolute Gasteiger partial charge is 0.497 e. The topological polar surface area (TPSA) is 63.6 Å². The van der Waals surface area contributed by atoms with Crippen LogP contribution in [0.1, 0.15) is 18.6 Å². The lowest BCUT2D eigenvalue weighted by Crippen LogP contribution is -2.24. The van der Waals surface area contributed by atoms with Crippen LogP contribution in [0, 0.1) is 0 Å². The molecule has 0 saturated heterocycles. The zero-order chi connectivity index (χ0) is 13.1. The number of benzene rings is 1. The average Bonchev–Trinajstić information content (AvgIpc) is 2.37. The Labute approximate surface area is 115 Å². The summed E-state index contributed by atoms with van der Waals surface area (Å²) in [5, 5.41) is 9.99. The highest BCUT2D eigenvalue weighted by molar-refractivity contribution is 14.1. The molecule has 0 unspecified atom stereocenters. The van der Waals surface area contributed by atoms with Gasteiger partial charge in [-0.15, -0.1) is 0 Å². The van der Waals surface area contributed by atoms with Crippen LogP contribution in [-0.2, 0) is 9.84 Å². The molecule has 0 aromatic heterocycles. The lowest BCUT2D eigenvalue weighted by Gasteiger charge is -2.17. The first-order chi connectivity index (χ1) is 7.92. The van der Waals surface area contributed by atoms with Gasteiger partial charge in [0.05, 0.1) is 7.11 Å². The molecule has 17 heavy (non-hydrogen) atoms. The maximum Gasteiger partial charge on any atom is 0.164 e. The van der Waals surface area contributed by atoms with Crippen LogP contribution < -0.4 is 4.74 Å². The maximum absolute atomic E-state index is 11.6. The van der Waals surface area contributed by atoms with E-state index >= 15 is 0 Å². The highest BCUT2D eigenvalue weighted by Crippen LogP contribution is 2.28. The van der Waals surface area contributed by atoms with Gasteiger partial charge in [-0.2, -0.15) is 0 Å². The van der Waals surface area contributed by atoms with E-state index in [-0.39, 0.29) is 5.75 Å². The smallest absolute Gasteiger partial charge is 0.164 e. The molecule has 0 aliphatic heterocycles. The molecule has 2 atom stereocenters. The Kier molecular flexibility index (Phi) is 5.21.